The predicted octanol–water partition coefficient (Wildman–Crippen LogP) is 4.41. The summed E-state index contributed by atoms with van der Waals surface area (Å²) in [7, 11) is 0. The van der Waals surface area contributed by atoms with Gasteiger partial charge in [0.1, 0.15) is 5.15 Å². The van der Waals surface area contributed by atoms with Gasteiger partial charge in [-0.05, 0) is 18.9 Å². The zero-order chi connectivity index (χ0) is 11.0. The molecule has 0 aliphatic rings. The fraction of sp³-hybridized carbons (Fsp3) is 0.250. The molecule has 0 bridgehead atoms. The molecule has 0 saturated carbocycles. The van der Waals surface area contributed by atoms with Gasteiger partial charge < -0.3 is 0 Å². The molecule has 1 aromatic carbocycles. The number of rotatable bonds is 1. The molecule has 0 fully saturated rings. The van der Waals surface area contributed by atoms with Gasteiger partial charge in [0.15, 0.2) is 0 Å². The molecule has 0 aliphatic carbocycles. The molecule has 2 rings (SSSR count). The molecule has 0 saturated heterocycles. The second kappa shape index (κ2) is 3.99. The number of para-hydroxylation sites is 1. The highest BCUT2D eigenvalue weighted by atomic mass is 35.5. The Bertz CT molecular complexity index is 521. The van der Waals surface area contributed by atoms with E-state index >= 15 is 0 Å². The monoisotopic (exact) mass is 239 g/mol. The molecular weight excluding hydrogens is 229 g/mol. The van der Waals surface area contributed by atoms with Gasteiger partial charge in [0.2, 0.25) is 0 Å². The van der Waals surface area contributed by atoms with Gasteiger partial charge in [-0.2, -0.15) is 0 Å². The van der Waals surface area contributed by atoms with E-state index in [9.17, 15) is 0 Å². The van der Waals surface area contributed by atoms with Crippen LogP contribution >= 0.6 is 23.2 Å². The number of benzene rings is 1. The fourth-order valence-electron chi connectivity index (χ4n) is 1.66. The number of nitrogens with zero attached hydrogens (tertiary/aromatic N) is 1. The van der Waals surface area contributed by atoms with Crippen molar-refractivity contribution in [2.45, 2.75) is 20.3 Å². The van der Waals surface area contributed by atoms with Gasteiger partial charge in [-0.25, -0.2) is 4.98 Å². The SMILES string of the molecule is CCc1cccc2c(Cl)c(C)c(Cl)nc12. The molecule has 1 nitrogen and oxygen atoms in total. The Morgan fingerprint density at radius 2 is 2.00 bits per heavy atom. The summed E-state index contributed by atoms with van der Waals surface area (Å²) in [6, 6.07) is 6.03. The van der Waals surface area contributed by atoms with Crippen LogP contribution in [0.1, 0.15) is 18.1 Å². The van der Waals surface area contributed by atoms with Crippen LogP contribution in [0.4, 0.5) is 0 Å². The number of pyridine rings is 1. The van der Waals surface area contributed by atoms with Gasteiger partial charge in [0, 0.05) is 10.9 Å². The molecule has 0 N–H and O–H groups in total. The van der Waals surface area contributed by atoms with Crippen molar-refractivity contribution < 1.29 is 0 Å². The Kier molecular flexibility index (Phi) is 2.85. The van der Waals surface area contributed by atoms with Crippen LogP contribution in [0.25, 0.3) is 10.9 Å². The lowest BCUT2D eigenvalue weighted by Gasteiger charge is -2.08. The maximum absolute atomic E-state index is 6.24. The summed E-state index contributed by atoms with van der Waals surface area (Å²) in [6.07, 6.45) is 0.931. The Hall–Kier alpha value is -0.790. The minimum Gasteiger partial charge on any atom is -0.235 e. The second-order valence-electron chi connectivity index (χ2n) is 3.51. The third kappa shape index (κ3) is 1.70. The van der Waals surface area contributed by atoms with E-state index in [0.717, 1.165) is 22.9 Å². The third-order valence-corrected chi connectivity index (χ3v) is 3.44. The van der Waals surface area contributed by atoms with Gasteiger partial charge in [-0.1, -0.05) is 48.3 Å². The van der Waals surface area contributed by atoms with E-state index in [1.54, 1.807) is 0 Å². The minimum absolute atomic E-state index is 0.494. The molecule has 0 spiro atoms. The van der Waals surface area contributed by atoms with E-state index in [1.807, 2.05) is 19.1 Å². The summed E-state index contributed by atoms with van der Waals surface area (Å²) in [5.74, 6) is 0. The quantitative estimate of drug-likeness (QED) is 0.672. The number of aryl methyl sites for hydroxylation is 1. The van der Waals surface area contributed by atoms with Crippen LogP contribution in [-0.4, -0.2) is 4.98 Å². The zero-order valence-corrected chi connectivity index (χ0v) is 10.2. The minimum atomic E-state index is 0.494. The number of hydrogen-bond acceptors (Lipinski definition) is 1. The first-order valence-corrected chi connectivity index (χ1v) is 5.64. The van der Waals surface area contributed by atoms with E-state index < -0.39 is 0 Å². The van der Waals surface area contributed by atoms with Crippen LogP contribution in [0.5, 0.6) is 0 Å². The lowest BCUT2D eigenvalue weighted by Crippen LogP contribution is -1.91. The van der Waals surface area contributed by atoms with Crippen LogP contribution in [0, 0.1) is 6.92 Å². The largest absolute Gasteiger partial charge is 0.235 e. The van der Waals surface area contributed by atoms with Crippen molar-refractivity contribution in [2.75, 3.05) is 0 Å². The molecule has 2 aromatic rings. The molecule has 15 heavy (non-hydrogen) atoms. The second-order valence-corrected chi connectivity index (χ2v) is 4.24. The predicted molar refractivity (Wildman–Crippen MR) is 65.9 cm³/mol. The summed E-state index contributed by atoms with van der Waals surface area (Å²) in [6.45, 7) is 3.98. The smallest absolute Gasteiger partial charge is 0.134 e. The van der Waals surface area contributed by atoms with Crippen LogP contribution in [-0.2, 0) is 6.42 Å². The van der Waals surface area contributed by atoms with Gasteiger partial charge in [-0.15, -0.1) is 0 Å². The van der Waals surface area contributed by atoms with Crippen molar-refractivity contribution in [1.82, 2.24) is 4.98 Å². The normalized spacial score (nSPS) is 10.9. The van der Waals surface area contributed by atoms with Gasteiger partial charge in [0.05, 0.1) is 10.5 Å². The summed E-state index contributed by atoms with van der Waals surface area (Å²) in [5, 5.41) is 2.19. The van der Waals surface area contributed by atoms with Gasteiger partial charge in [0.25, 0.3) is 0 Å². The first-order chi connectivity index (χ1) is 7.15. The van der Waals surface area contributed by atoms with E-state index in [2.05, 4.69) is 18.0 Å². The van der Waals surface area contributed by atoms with Crippen LogP contribution in [0.15, 0.2) is 18.2 Å². The van der Waals surface area contributed by atoms with E-state index in [4.69, 9.17) is 23.2 Å². The summed E-state index contributed by atoms with van der Waals surface area (Å²) in [5.41, 5.74) is 2.94. The lowest BCUT2D eigenvalue weighted by atomic mass is 10.1. The third-order valence-electron chi connectivity index (χ3n) is 2.59. The molecule has 3 heteroatoms. The van der Waals surface area contributed by atoms with E-state index in [1.165, 1.54) is 5.56 Å². The van der Waals surface area contributed by atoms with Crippen molar-refractivity contribution in [1.29, 1.82) is 0 Å². The molecule has 0 aliphatic heterocycles. The average Bonchev–Trinajstić information content (AvgIpc) is 2.25. The van der Waals surface area contributed by atoms with Crippen molar-refractivity contribution >= 4 is 34.1 Å². The zero-order valence-electron chi connectivity index (χ0n) is 8.64. The van der Waals surface area contributed by atoms with Crippen LogP contribution < -0.4 is 0 Å². The molecular formula is C12H11Cl2N. The highest BCUT2D eigenvalue weighted by Crippen LogP contribution is 2.31. The summed E-state index contributed by atoms with van der Waals surface area (Å²) >= 11 is 12.3. The summed E-state index contributed by atoms with van der Waals surface area (Å²) < 4.78 is 0. The Morgan fingerprint density at radius 3 is 2.67 bits per heavy atom. The molecule has 0 unspecified atom stereocenters. The first-order valence-electron chi connectivity index (χ1n) is 4.88. The number of aromatic nitrogens is 1. The van der Waals surface area contributed by atoms with Gasteiger partial charge in [-0.3, -0.25) is 0 Å². The Balaban J connectivity index is 2.91. The number of halogens is 2. The van der Waals surface area contributed by atoms with E-state index in [0.29, 0.717) is 10.2 Å². The van der Waals surface area contributed by atoms with Gasteiger partial charge >= 0.3 is 0 Å². The lowest BCUT2D eigenvalue weighted by molar-refractivity contribution is 1.14. The van der Waals surface area contributed by atoms with Crippen molar-refractivity contribution in [2.24, 2.45) is 0 Å². The van der Waals surface area contributed by atoms with Crippen LogP contribution in [0.2, 0.25) is 10.2 Å². The van der Waals surface area contributed by atoms with Crippen molar-refractivity contribution in [3.63, 3.8) is 0 Å². The Labute approximate surface area is 99.0 Å². The standard InChI is InChI=1S/C12H11Cl2N/c1-3-8-5-4-6-9-10(13)7(2)12(14)15-11(8)9/h4-6H,3H2,1-2H3. The van der Waals surface area contributed by atoms with Crippen LogP contribution in [0.3, 0.4) is 0 Å². The molecule has 0 amide bonds. The maximum atomic E-state index is 6.24. The van der Waals surface area contributed by atoms with E-state index in [-0.39, 0.29) is 0 Å². The molecule has 1 heterocycles. The van der Waals surface area contributed by atoms with Crippen molar-refractivity contribution in [3.8, 4) is 0 Å². The highest BCUT2D eigenvalue weighted by Gasteiger charge is 2.10. The first kappa shape index (κ1) is 10.7. The molecule has 78 valence electrons. The maximum Gasteiger partial charge on any atom is 0.134 e. The molecule has 1 aromatic heterocycles. The Morgan fingerprint density at radius 1 is 1.27 bits per heavy atom. The molecule has 0 atom stereocenters. The molecule has 0 radical (unpaired) electrons. The highest BCUT2D eigenvalue weighted by molar-refractivity contribution is 6.39. The van der Waals surface area contributed by atoms with Crippen molar-refractivity contribution in [3.05, 3.63) is 39.5 Å². The fourth-order valence-corrected chi connectivity index (χ4v) is 2.13. The topological polar surface area (TPSA) is 12.9 Å². The average molecular weight is 240 g/mol. The number of fused-ring (bicyclic) bond motifs is 1. The number of hydrogen-bond donors (Lipinski definition) is 0. The summed E-state index contributed by atoms with van der Waals surface area (Å²) in [4.78, 5) is 4.39.